The van der Waals surface area contributed by atoms with Gasteiger partial charge in [0.2, 0.25) is 0 Å². The van der Waals surface area contributed by atoms with Crippen LogP contribution in [0.25, 0.3) is 0 Å². The molecule has 2 amide bonds. The molecule has 146 valence electrons. The summed E-state index contributed by atoms with van der Waals surface area (Å²) >= 11 is 1.43. The van der Waals surface area contributed by atoms with Crippen molar-refractivity contribution in [3.63, 3.8) is 0 Å². The van der Waals surface area contributed by atoms with Gasteiger partial charge in [-0.3, -0.25) is 9.59 Å². The molecule has 0 unspecified atom stereocenters. The van der Waals surface area contributed by atoms with Gasteiger partial charge in [-0.25, -0.2) is 4.79 Å². The number of β-lactam (4-membered cyclic amide) rings is 1. The number of nitrogens with one attached hydrogen (secondary N) is 1. The van der Waals surface area contributed by atoms with Gasteiger partial charge < -0.3 is 15.3 Å². The van der Waals surface area contributed by atoms with E-state index in [1.807, 2.05) is 45.9 Å². The van der Waals surface area contributed by atoms with Crippen LogP contribution in [0, 0.1) is 0 Å². The summed E-state index contributed by atoms with van der Waals surface area (Å²) in [6.07, 6.45) is 1.44. The van der Waals surface area contributed by atoms with Crippen molar-refractivity contribution in [3.8, 4) is 0 Å². The normalized spacial score (nSPS) is 28.5. The van der Waals surface area contributed by atoms with E-state index in [-0.39, 0.29) is 17.2 Å². The van der Waals surface area contributed by atoms with Crippen molar-refractivity contribution in [1.82, 2.24) is 10.2 Å². The molecule has 2 saturated heterocycles. The number of carboxylic acids is 1. The Morgan fingerprint density at radius 2 is 1.74 bits per heavy atom. The summed E-state index contributed by atoms with van der Waals surface area (Å²) in [5, 5.41) is 12.1. The maximum Gasteiger partial charge on any atom is 0.327 e. The third-order valence-corrected chi connectivity index (χ3v) is 7.36. The zero-order valence-corrected chi connectivity index (χ0v) is 17.1. The first-order valence-electron chi connectivity index (χ1n) is 9.25. The molecule has 2 N–H and O–H groups in total. The first-order chi connectivity index (χ1) is 12.6. The predicted molar refractivity (Wildman–Crippen MR) is 105 cm³/mol. The van der Waals surface area contributed by atoms with Gasteiger partial charge in [0.25, 0.3) is 11.8 Å². The van der Waals surface area contributed by atoms with E-state index in [4.69, 9.17) is 0 Å². The number of amides is 2. The van der Waals surface area contributed by atoms with Crippen molar-refractivity contribution < 1.29 is 19.5 Å². The molecule has 0 spiro atoms. The zero-order valence-electron chi connectivity index (χ0n) is 16.3. The van der Waals surface area contributed by atoms with Crippen LogP contribution in [0.15, 0.2) is 18.2 Å². The number of benzene rings is 1. The van der Waals surface area contributed by atoms with E-state index in [1.54, 1.807) is 6.92 Å². The van der Waals surface area contributed by atoms with Gasteiger partial charge in [0.05, 0.1) is 0 Å². The van der Waals surface area contributed by atoms with Gasteiger partial charge in [0.1, 0.15) is 17.0 Å². The first kappa shape index (κ1) is 19.7. The summed E-state index contributed by atoms with van der Waals surface area (Å²) in [6.45, 7) is 9.34. The number of hydrogen-bond acceptors (Lipinski definition) is 4. The number of aryl methyl sites for hydroxylation is 2. The summed E-state index contributed by atoms with van der Waals surface area (Å²) < 4.78 is -0.620. The Hall–Kier alpha value is -2.02. The molecule has 1 aromatic carbocycles. The summed E-state index contributed by atoms with van der Waals surface area (Å²) in [4.78, 5) is 39.1. The Morgan fingerprint density at radius 3 is 2.22 bits per heavy atom. The second-order valence-electron chi connectivity index (χ2n) is 7.84. The minimum Gasteiger partial charge on any atom is -0.480 e. The molecule has 6 nitrogen and oxygen atoms in total. The molecule has 1 aromatic rings. The molecule has 0 radical (unpaired) electrons. The molecule has 0 aliphatic carbocycles. The molecule has 2 heterocycles. The van der Waals surface area contributed by atoms with E-state index in [1.165, 1.54) is 16.7 Å². The van der Waals surface area contributed by atoms with Gasteiger partial charge in [-0.1, -0.05) is 32.0 Å². The van der Waals surface area contributed by atoms with Gasteiger partial charge in [-0.2, -0.15) is 0 Å². The van der Waals surface area contributed by atoms with Crippen molar-refractivity contribution >= 4 is 29.5 Å². The topological polar surface area (TPSA) is 86.7 Å². The first-order valence-corrected chi connectivity index (χ1v) is 10.1. The molecule has 27 heavy (non-hydrogen) atoms. The Balaban J connectivity index is 1.91. The quantitative estimate of drug-likeness (QED) is 0.754. The number of carbonyl (C=O) groups is 3. The lowest BCUT2D eigenvalue weighted by atomic mass is 9.85. The number of fused-ring (bicyclic) bond motifs is 1. The Bertz CT molecular complexity index is 800. The van der Waals surface area contributed by atoms with Crippen LogP contribution in [0.5, 0.6) is 0 Å². The van der Waals surface area contributed by atoms with E-state index in [0.29, 0.717) is 5.56 Å². The largest absolute Gasteiger partial charge is 0.480 e. The van der Waals surface area contributed by atoms with Gasteiger partial charge in [0, 0.05) is 10.3 Å². The maximum atomic E-state index is 13.1. The number of rotatable bonds is 5. The van der Waals surface area contributed by atoms with Crippen LogP contribution in [-0.4, -0.2) is 49.5 Å². The van der Waals surface area contributed by atoms with Crippen LogP contribution < -0.4 is 5.32 Å². The predicted octanol–water partition coefficient (Wildman–Crippen LogP) is 2.45. The average Bonchev–Trinajstić information content (AvgIpc) is 2.90. The maximum absolute atomic E-state index is 13.1. The van der Waals surface area contributed by atoms with E-state index in [0.717, 1.165) is 24.0 Å². The molecule has 2 aliphatic rings. The summed E-state index contributed by atoms with van der Waals surface area (Å²) in [6, 6.07) is 4.91. The summed E-state index contributed by atoms with van der Waals surface area (Å²) in [7, 11) is 0. The lowest BCUT2D eigenvalue weighted by Crippen LogP contribution is -2.78. The molecule has 0 aromatic heterocycles. The monoisotopic (exact) mass is 390 g/mol. The minimum absolute atomic E-state index is 0.267. The molecular weight excluding hydrogens is 364 g/mol. The molecule has 7 heteroatoms. The van der Waals surface area contributed by atoms with Crippen molar-refractivity contribution in [2.45, 2.75) is 69.2 Å². The standard InChI is InChI=1S/C20H26N2O4S/c1-6-11-9-8-10-12(7-2)13(11)15(23)21-20(5)17(26)22-14(16(24)25)19(3,4)27-18(20)22/h8-10,14,18H,6-7H2,1-5H3,(H,21,23)(H,24,25)/t14-,18+,20-/m0/s1. The van der Waals surface area contributed by atoms with Gasteiger partial charge in [-0.05, 0) is 44.7 Å². The fourth-order valence-electron chi connectivity index (χ4n) is 4.17. The molecule has 0 saturated carbocycles. The van der Waals surface area contributed by atoms with E-state index >= 15 is 0 Å². The Labute approximate surface area is 163 Å². The highest BCUT2D eigenvalue weighted by Crippen LogP contribution is 2.54. The fraction of sp³-hybridized carbons (Fsp3) is 0.550. The van der Waals surface area contributed by atoms with Gasteiger partial charge >= 0.3 is 5.97 Å². The minimum atomic E-state index is -1.10. The van der Waals surface area contributed by atoms with Crippen molar-refractivity contribution in [3.05, 3.63) is 34.9 Å². The molecule has 2 fully saturated rings. The van der Waals surface area contributed by atoms with E-state index in [9.17, 15) is 19.5 Å². The molecule has 3 rings (SSSR count). The number of nitrogens with zero attached hydrogens (tertiary/aromatic N) is 1. The van der Waals surface area contributed by atoms with Crippen LogP contribution in [-0.2, 0) is 22.4 Å². The number of carboxylic acid groups (broad SMARTS) is 1. The second-order valence-corrected chi connectivity index (χ2v) is 9.58. The molecular formula is C20H26N2O4S. The SMILES string of the molecule is CCc1cccc(CC)c1C(=O)N[C@@]1(C)C(=O)N2[C@@H](C(=O)O)C(C)(C)S[C@@H]21. The highest BCUT2D eigenvalue weighted by Gasteiger charge is 2.70. The summed E-state index contributed by atoms with van der Waals surface area (Å²) in [5.41, 5.74) is 1.42. The van der Waals surface area contributed by atoms with Crippen LogP contribution in [0.3, 0.4) is 0 Å². The van der Waals surface area contributed by atoms with Crippen molar-refractivity contribution in [2.24, 2.45) is 0 Å². The second kappa shape index (κ2) is 6.55. The third-order valence-electron chi connectivity index (χ3n) is 5.61. The van der Waals surface area contributed by atoms with Crippen LogP contribution in [0.4, 0.5) is 0 Å². The fourth-order valence-corrected chi connectivity index (χ4v) is 5.82. The lowest BCUT2D eigenvalue weighted by molar-refractivity contribution is -0.165. The number of thioether (sulfide) groups is 1. The Kier molecular flexibility index (Phi) is 4.78. The number of hydrogen-bond donors (Lipinski definition) is 2. The Morgan fingerprint density at radius 1 is 1.19 bits per heavy atom. The molecule has 0 bridgehead atoms. The average molecular weight is 391 g/mol. The molecule has 3 atom stereocenters. The van der Waals surface area contributed by atoms with Crippen LogP contribution in [0.2, 0.25) is 0 Å². The van der Waals surface area contributed by atoms with E-state index < -0.39 is 22.3 Å². The summed E-state index contributed by atoms with van der Waals surface area (Å²) in [5.74, 6) is -1.61. The third kappa shape index (κ3) is 2.83. The van der Waals surface area contributed by atoms with Crippen molar-refractivity contribution in [2.75, 3.05) is 0 Å². The van der Waals surface area contributed by atoms with Gasteiger partial charge in [0.15, 0.2) is 0 Å². The lowest BCUT2D eigenvalue weighted by Gasteiger charge is -2.51. The van der Waals surface area contributed by atoms with E-state index in [2.05, 4.69) is 5.32 Å². The van der Waals surface area contributed by atoms with Crippen LogP contribution >= 0.6 is 11.8 Å². The highest BCUT2D eigenvalue weighted by molar-refractivity contribution is 8.01. The highest BCUT2D eigenvalue weighted by atomic mass is 32.2. The molecule has 2 aliphatic heterocycles. The number of aliphatic carboxylic acids is 1. The number of carbonyl (C=O) groups excluding carboxylic acids is 2. The van der Waals surface area contributed by atoms with Gasteiger partial charge in [-0.15, -0.1) is 11.8 Å². The smallest absolute Gasteiger partial charge is 0.327 e. The van der Waals surface area contributed by atoms with Crippen molar-refractivity contribution in [1.29, 1.82) is 0 Å². The van der Waals surface area contributed by atoms with Crippen LogP contribution in [0.1, 0.15) is 56.1 Å². The zero-order chi connectivity index (χ0) is 20.1.